The number of sulfonamides is 1. The average Bonchev–Trinajstić information content (AvgIpc) is 3.11. The number of carbonyl (C=O) groups is 2. The van der Waals surface area contributed by atoms with Gasteiger partial charge in [0.05, 0.1) is 22.7 Å². The molecule has 0 aromatic heterocycles. The van der Waals surface area contributed by atoms with Crippen molar-refractivity contribution in [3.05, 3.63) is 123 Å². The van der Waals surface area contributed by atoms with Crippen LogP contribution in [0, 0.1) is 0 Å². The van der Waals surface area contributed by atoms with Gasteiger partial charge in [-0.05, 0) is 60.9 Å². The Labute approximate surface area is 303 Å². The van der Waals surface area contributed by atoms with Gasteiger partial charge in [0.2, 0.25) is 11.8 Å². The molecule has 1 saturated carbocycles. The lowest BCUT2D eigenvalue weighted by Gasteiger charge is -2.35. The summed E-state index contributed by atoms with van der Waals surface area (Å²) >= 11 is 19.7. The molecule has 0 aliphatic heterocycles. The summed E-state index contributed by atoms with van der Waals surface area (Å²) in [5, 5.41) is 3.97. The van der Waals surface area contributed by atoms with Crippen LogP contribution in [0.5, 0.6) is 5.75 Å². The fourth-order valence-corrected chi connectivity index (χ4v) is 8.21. The highest BCUT2D eigenvalue weighted by Crippen LogP contribution is 2.33. The number of halogens is 3. The Bertz CT molecular complexity index is 1840. The molecule has 12 heteroatoms. The molecule has 4 aromatic rings. The van der Waals surface area contributed by atoms with Crippen molar-refractivity contribution in [1.29, 1.82) is 0 Å². The molecule has 258 valence electrons. The first-order valence-corrected chi connectivity index (χ1v) is 18.6. The first-order chi connectivity index (χ1) is 23.6. The number of carbonyl (C=O) groups excluding carboxylic acids is 2. The van der Waals surface area contributed by atoms with Crippen LogP contribution in [-0.4, -0.2) is 50.9 Å². The van der Waals surface area contributed by atoms with Crippen molar-refractivity contribution < 1.29 is 22.7 Å². The van der Waals surface area contributed by atoms with Gasteiger partial charge >= 0.3 is 0 Å². The van der Waals surface area contributed by atoms with E-state index in [4.69, 9.17) is 39.5 Å². The molecule has 0 saturated heterocycles. The van der Waals surface area contributed by atoms with Gasteiger partial charge < -0.3 is 15.0 Å². The minimum Gasteiger partial charge on any atom is -0.495 e. The molecule has 0 unspecified atom stereocenters. The smallest absolute Gasteiger partial charge is 0.264 e. The second-order valence-corrected chi connectivity index (χ2v) is 15.0. The first-order valence-electron chi connectivity index (χ1n) is 16.1. The van der Waals surface area contributed by atoms with Crippen molar-refractivity contribution in [3.63, 3.8) is 0 Å². The molecule has 49 heavy (non-hydrogen) atoms. The van der Waals surface area contributed by atoms with Crippen molar-refractivity contribution >= 4 is 62.3 Å². The van der Waals surface area contributed by atoms with Crippen LogP contribution >= 0.6 is 34.8 Å². The Balaban J connectivity index is 1.60. The molecule has 1 fully saturated rings. The molecule has 8 nitrogen and oxygen atoms in total. The quantitative estimate of drug-likeness (QED) is 0.150. The van der Waals surface area contributed by atoms with Crippen LogP contribution in [0.3, 0.4) is 0 Å². The largest absolute Gasteiger partial charge is 0.495 e. The van der Waals surface area contributed by atoms with E-state index in [0.29, 0.717) is 21.4 Å². The minimum absolute atomic E-state index is 0.0219. The van der Waals surface area contributed by atoms with Crippen molar-refractivity contribution in [1.82, 2.24) is 10.2 Å². The van der Waals surface area contributed by atoms with Crippen LogP contribution in [-0.2, 0) is 32.6 Å². The number of anilines is 1. The van der Waals surface area contributed by atoms with E-state index in [1.807, 2.05) is 30.3 Å². The van der Waals surface area contributed by atoms with E-state index < -0.39 is 28.5 Å². The zero-order valence-electron chi connectivity index (χ0n) is 27.0. The molecular formula is C37H38Cl3N3O5S. The number of rotatable bonds is 13. The van der Waals surface area contributed by atoms with Crippen LogP contribution < -0.4 is 14.4 Å². The topological polar surface area (TPSA) is 96.0 Å². The van der Waals surface area contributed by atoms with Gasteiger partial charge in [0, 0.05) is 34.6 Å². The first kappa shape index (κ1) is 36.5. The fraction of sp³-hybridized carbons (Fsp3) is 0.297. The number of methoxy groups -OCH3 is 1. The van der Waals surface area contributed by atoms with E-state index in [9.17, 15) is 18.0 Å². The number of hydrogen-bond donors (Lipinski definition) is 1. The number of hydrogen-bond acceptors (Lipinski definition) is 5. The summed E-state index contributed by atoms with van der Waals surface area (Å²) in [6.45, 7) is -0.792. The van der Waals surface area contributed by atoms with Crippen molar-refractivity contribution in [2.45, 2.75) is 62.0 Å². The van der Waals surface area contributed by atoms with Gasteiger partial charge in [-0.25, -0.2) is 8.42 Å². The normalized spacial score (nSPS) is 14.1. The second-order valence-electron chi connectivity index (χ2n) is 11.9. The van der Waals surface area contributed by atoms with Crippen LogP contribution in [0.15, 0.2) is 102 Å². The molecule has 2 amide bonds. The minimum atomic E-state index is -4.30. The van der Waals surface area contributed by atoms with E-state index in [1.165, 1.54) is 42.3 Å². The summed E-state index contributed by atoms with van der Waals surface area (Å²) in [5.74, 6) is -0.634. The summed E-state index contributed by atoms with van der Waals surface area (Å²) in [6.07, 6.45) is 4.97. The summed E-state index contributed by atoms with van der Waals surface area (Å²) < 4.78 is 34.8. The molecular weight excluding hydrogens is 705 g/mol. The van der Waals surface area contributed by atoms with E-state index in [-0.39, 0.29) is 40.5 Å². The predicted octanol–water partition coefficient (Wildman–Crippen LogP) is 7.94. The second kappa shape index (κ2) is 16.8. The average molecular weight is 743 g/mol. The van der Waals surface area contributed by atoms with Crippen LogP contribution in [0.4, 0.5) is 5.69 Å². The molecule has 1 aliphatic carbocycles. The zero-order valence-corrected chi connectivity index (χ0v) is 30.1. The zero-order chi connectivity index (χ0) is 35.0. The Kier molecular flexibility index (Phi) is 12.5. The van der Waals surface area contributed by atoms with Gasteiger partial charge in [-0.3, -0.25) is 13.9 Å². The van der Waals surface area contributed by atoms with E-state index >= 15 is 0 Å². The number of amides is 2. The third-order valence-electron chi connectivity index (χ3n) is 8.65. The van der Waals surface area contributed by atoms with Gasteiger partial charge in [0.15, 0.2) is 0 Å². The number of ether oxygens (including phenoxy) is 1. The molecule has 0 heterocycles. The number of benzene rings is 4. The summed E-state index contributed by atoms with van der Waals surface area (Å²) in [5.41, 5.74) is 1.41. The maximum atomic E-state index is 14.8. The maximum Gasteiger partial charge on any atom is 0.264 e. The highest BCUT2D eigenvalue weighted by molar-refractivity contribution is 7.92. The lowest BCUT2D eigenvalue weighted by atomic mass is 9.94. The molecule has 0 bridgehead atoms. The predicted molar refractivity (Wildman–Crippen MR) is 195 cm³/mol. The Hall–Kier alpha value is -3.76. The van der Waals surface area contributed by atoms with Gasteiger partial charge in [0.1, 0.15) is 18.3 Å². The van der Waals surface area contributed by atoms with Gasteiger partial charge in [-0.1, -0.05) is 109 Å². The van der Waals surface area contributed by atoms with Gasteiger partial charge in [0.25, 0.3) is 10.0 Å². The van der Waals surface area contributed by atoms with Crippen LogP contribution in [0.2, 0.25) is 15.1 Å². The Morgan fingerprint density at radius 1 is 0.837 bits per heavy atom. The third-order valence-corrected chi connectivity index (χ3v) is 11.4. The van der Waals surface area contributed by atoms with Gasteiger partial charge in [-0.15, -0.1) is 0 Å². The Morgan fingerprint density at radius 3 is 2.08 bits per heavy atom. The summed E-state index contributed by atoms with van der Waals surface area (Å²) in [7, 11) is -2.85. The standard InChI is InChI=1S/C37H38Cl3N3O5S/c1-48-35-21-20-28(23-33(35)40)43(49(46,47)29-16-9-4-10-17-29)25-36(44)42(24-30-31(38)18-11-19-32(30)39)34(22-26-12-5-2-6-13-26)37(45)41-27-14-7-3-8-15-27/h2,4-6,9-13,16-21,23,27,34H,3,7-8,14-15,22,24-25H2,1H3,(H,41,45)/t34-/m1/s1. The fourth-order valence-electron chi connectivity index (χ4n) is 6.01. The van der Waals surface area contributed by atoms with Crippen molar-refractivity contribution in [2.75, 3.05) is 18.0 Å². The van der Waals surface area contributed by atoms with E-state index in [1.54, 1.807) is 36.4 Å². The lowest BCUT2D eigenvalue weighted by Crippen LogP contribution is -2.55. The molecule has 5 rings (SSSR count). The lowest BCUT2D eigenvalue weighted by molar-refractivity contribution is -0.140. The summed E-state index contributed by atoms with van der Waals surface area (Å²) in [4.78, 5) is 30.4. The van der Waals surface area contributed by atoms with Crippen molar-refractivity contribution in [3.8, 4) is 5.75 Å². The highest BCUT2D eigenvalue weighted by atomic mass is 35.5. The summed E-state index contributed by atoms with van der Waals surface area (Å²) in [6, 6.07) is 25.6. The highest BCUT2D eigenvalue weighted by Gasteiger charge is 2.36. The third kappa shape index (κ3) is 9.08. The molecule has 1 atom stereocenters. The molecule has 1 N–H and O–H groups in total. The molecule has 0 spiro atoms. The monoisotopic (exact) mass is 741 g/mol. The van der Waals surface area contributed by atoms with Crippen LogP contribution in [0.1, 0.15) is 43.2 Å². The van der Waals surface area contributed by atoms with Crippen molar-refractivity contribution in [2.24, 2.45) is 0 Å². The number of nitrogens with zero attached hydrogens (tertiary/aromatic N) is 2. The molecule has 0 radical (unpaired) electrons. The van der Waals surface area contributed by atoms with Crippen LogP contribution in [0.25, 0.3) is 0 Å². The van der Waals surface area contributed by atoms with Gasteiger partial charge in [-0.2, -0.15) is 0 Å². The SMILES string of the molecule is COc1ccc(N(CC(=O)N(Cc2c(Cl)cccc2Cl)[C@H](Cc2ccccc2)C(=O)NC2CCCCC2)S(=O)(=O)c2ccccc2)cc1Cl. The Morgan fingerprint density at radius 2 is 1.47 bits per heavy atom. The van der Waals surface area contributed by atoms with E-state index in [2.05, 4.69) is 5.32 Å². The molecule has 1 aliphatic rings. The molecule has 4 aromatic carbocycles. The van der Waals surface area contributed by atoms with E-state index in [0.717, 1.165) is 42.0 Å². The maximum absolute atomic E-state index is 14.8. The number of nitrogens with one attached hydrogen (secondary N) is 1.